The van der Waals surface area contributed by atoms with Crippen LogP contribution in [0.3, 0.4) is 0 Å². The Bertz CT molecular complexity index is 609. The highest BCUT2D eigenvalue weighted by Gasteiger charge is 2.10. The van der Waals surface area contributed by atoms with Gasteiger partial charge in [-0.1, -0.05) is 23.2 Å². The fraction of sp³-hybridized carbons (Fsp3) is 0.400. The van der Waals surface area contributed by atoms with Gasteiger partial charge in [-0.05, 0) is 51.0 Å². The minimum absolute atomic E-state index is 0.416. The molecule has 0 atom stereocenters. The van der Waals surface area contributed by atoms with Gasteiger partial charge >= 0.3 is 0 Å². The number of aryl methyl sites for hydroxylation is 2. The lowest BCUT2D eigenvalue weighted by Gasteiger charge is -2.12. The summed E-state index contributed by atoms with van der Waals surface area (Å²) in [5.41, 5.74) is 5.68. The van der Waals surface area contributed by atoms with E-state index in [1.807, 2.05) is 13.0 Å². The van der Waals surface area contributed by atoms with E-state index >= 15 is 0 Å². The molecule has 2 rings (SSSR count). The number of anilines is 1. The quantitative estimate of drug-likeness (QED) is 0.826. The Balaban J connectivity index is 2.21. The summed E-state index contributed by atoms with van der Waals surface area (Å²) in [4.78, 5) is 4.07. The second-order valence-corrected chi connectivity index (χ2v) is 5.67. The zero-order valence-corrected chi connectivity index (χ0v) is 13.7. The maximum Gasteiger partial charge on any atom is 0.154 e. The van der Waals surface area contributed by atoms with E-state index in [2.05, 4.69) is 41.7 Å². The highest BCUT2D eigenvalue weighted by atomic mass is 35.5. The van der Waals surface area contributed by atoms with Gasteiger partial charge in [-0.25, -0.2) is 4.98 Å². The summed E-state index contributed by atoms with van der Waals surface area (Å²) in [7, 11) is 0. The number of hydrogen-bond acceptors (Lipinski definition) is 2. The molecule has 0 amide bonds. The maximum atomic E-state index is 6.14. The SMILES string of the molecule is CCn1c(C)cc(CNc2c(C)cc(Cl)nc2Cl)c1C. The van der Waals surface area contributed by atoms with Crippen molar-refractivity contribution in [1.29, 1.82) is 0 Å². The molecule has 0 radical (unpaired) electrons. The molecule has 20 heavy (non-hydrogen) atoms. The summed E-state index contributed by atoms with van der Waals surface area (Å²) in [5.74, 6) is 0. The van der Waals surface area contributed by atoms with E-state index < -0.39 is 0 Å². The van der Waals surface area contributed by atoms with Crippen molar-refractivity contribution in [3.63, 3.8) is 0 Å². The van der Waals surface area contributed by atoms with Crippen LogP contribution in [0.4, 0.5) is 5.69 Å². The van der Waals surface area contributed by atoms with Crippen molar-refractivity contribution in [3.05, 3.63) is 45.0 Å². The molecule has 108 valence electrons. The smallest absolute Gasteiger partial charge is 0.154 e. The van der Waals surface area contributed by atoms with Gasteiger partial charge in [0, 0.05) is 24.5 Å². The first kappa shape index (κ1) is 15.2. The number of nitrogens with one attached hydrogen (secondary N) is 1. The molecule has 5 heteroatoms. The molecular formula is C15H19Cl2N3. The van der Waals surface area contributed by atoms with E-state index in [0.717, 1.165) is 24.3 Å². The summed E-state index contributed by atoms with van der Waals surface area (Å²) in [6.07, 6.45) is 0. The summed E-state index contributed by atoms with van der Waals surface area (Å²) in [5, 5.41) is 4.20. The van der Waals surface area contributed by atoms with Crippen LogP contribution >= 0.6 is 23.2 Å². The molecule has 0 bridgehead atoms. The molecule has 0 saturated heterocycles. The number of hydrogen-bond donors (Lipinski definition) is 1. The Morgan fingerprint density at radius 2 is 1.90 bits per heavy atom. The third-order valence-electron chi connectivity index (χ3n) is 3.59. The Kier molecular flexibility index (Phi) is 4.61. The van der Waals surface area contributed by atoms with Crippen molar-refractivity contribution in [2.45, 2.75) is 40.8 Å². The molecule has 0 aliphatic heterocycles. The van der Waals surface area contributed by atoms with Crippen LogP contribution in [0.25, 0.3) is 0 Å². The molecule has 2 aromatic rings. The molecule has 0 aliphatic carbocycles. The first-order valence-corrected chi connectivity index (χ1v) is 7.41. The van der Waals surface area contributed by atoms with Crippen LogP contribution in [0.1, 0.15) is 29.4 Å². The normalized spacial score (nSPS) is 10.9. The number of halogens is 2. The van der Waals surface area contributed by atoms with Crippen LogP contribution in [-0.4, -0.2) is 9.55 Å². The molecule has 2 heterocycles. The van der Waals surface area contributed by atoms with Crippen LogP contribution in [0.2, 0.25) is 10.3 Å². The first-order chi connectivity index (χ1) is 9.43. The largest absolute Gasteiger partial charge is 0.378 e. The van der Waals surface area contributed by atoms with E-state index in [-0.39, 0.29) is 0 Å². The van der Waals surface area contributed by atoms with E-state index in [1.54, 1.807) is 0 Å². The molecule has 3 nitrogen and oxygen atoms in total. The summed E-state index contributed by atoms with van der Waals surface area (Å²) in [6.45, 7) is 10.1. The van der Waals surface area contributed by atoms with E-state index in [0.29, 0.717) is 10.3 Å². The Morgan fingerprint density at radius 1 is 1.20 bits per heavy atom. The van der Waals surface area contributed by atoms with Gasteiger partial charge in [-0.2, -0.15) is 0 Å². The van der Waals surface area contributed by atoms with E-state index in [1.165, 1.54) is 17.0 Å². The number of rotatable bonds is 4. The standard InChI is InChI=1S/C15H19Cl2N3/c1-5-20-10(3)7-12(11(20)4)8-18-14-9(2)6-13(16)19-15(14)17/h6-7,18H,5,8H2,1-4H3. The van der Waals surface area contributed by atoms with Crippen LogP contribution < -0.4 is 5.32 Å². The summed E-state index contributed by atoms with van der Waals surface area (Å²) in [6, 6.07) is 4.02. The highest BCUT2D eigenvalue weighted by Crippen LogP contribution is 2.27. The minimum Gasteiger partial charge on any atom is -0.378 e. The van der Waals surface area contributed by atoms with Gasteiger partial charge < -0.3 is 9.88 Å². The molecule has 0 aliphatic rings. The van der Waals surface area contributed by atoms with Crippen molar-refractivity contribution in [2.75, 3.05) is 5.32 Å². The maximum absolute atomic E-state index is 6.14. The lowest BCUT2D eigenvalue weighted by Crippen LogP contribution is -2.05. The molecule has 0 unspecified atom stereocenters. The Hall–Kier alpha value is -1.19. The van der Waals surface area contributed by atoms with Gasteiger partial charge in [0.2, 0.25) is 0 Å². The number of pyridine rings is 1. The Morgan fingerprint density at radius 3 is 2.45 bits per heavy atom. The summed E-state index contributed by atoms with van der Waals surface area (Å²) < 4.78 is 2.30. The van der Waals surface area contributed by atoms with Gasteiger partial charge in [-0.3, -0.25) is 0 Å². The van der Waals surface area contributed by atoms with Crippen molar-refractivity contribution in [1.82, 2.24) is 9.55 Å². The van der Waals surface area contributed by atoms with Gasteiger partial charge in [-0.15, -0.1) is 0 Å². The Labute approximate surface area is 129 Å². The fourth-order valence-electron chi connectivity index (χ4n) is 2.53. The van der Waals surface area contributed by atoms with Gasteiger partial charge in [0.1, 0.15) is 5.15 Å². The molecule has 0 spiro atoms. The third kappa shape index (κ3) is 2.94. The summed E-state index contributed by atoms with van der Waals surface area (Å²) >= 11 is 12.0. The topological polar surface area (TPSA) is 29.9 Å². The lowest BCUT2D eigenvalue weighted by atomic mass is 10.2. The van der Waals surface area contributed by atoms with Crippen molar-refractivity contribution >= 4 is 28.9 Å². The van der Waals surface area contributed by atoms with Gasteiger partial charge in [0.25, 0.3) is 0 Å². The molecule has 1 N–H and O–H groups in total. The van der Waals surface area contributed by atoms with E-state index in [9.17, 15) is 0 Å². The second-order valence-electron chi connectivity index (χ2n) is 4.92. The lowest BCUT2D eigenvalue weighted by molar-refractivity contribution is 0.715. The number of aromatic nitrogens is 2. The van der Waals surface area contributed by atoms with Crippen LogP contribution in [0.5, 0.6) is 0 Å². The zero-order chi connectivity index (χ0) is 14.9. The third-order valence-corrected chi connectivity index (χ3v) is 4.06. The average molecular weight is 312 g/mol. The van der Waals surface area contributed by atoms with Crippen LogP contribution in [0, 0.1) is 20.8 Å². The highest BCUT2D eigenvalue weighted by molar-refractivity contribution is 6.34. The minimum atomic E-state index is 0.416. The molecular weight excluding hydrogens is 293 g/mol. The average Bonchev–Trinajstić information content (AvgIpc) is 2.62. The van der Waals surface area contributed by atoms with Crippen molar-refractivity contribution < 1.29 is 0 Å². The zero-order valence-electron chi connectivity index (χ0n) is 12.2. The second kappa shape index (κ2) is 6.06. The van der Waals surface area contributed by atoms with Gasteiger partial charge in [0.05, 0.1) is 5.69 Å². The molecule has 2 aromatic heterocycles. The fourth-order valence-corrected chi connectivity index (χ4v) is 3.13. The monoisotopic (exact) mass is 311 g/mol. The molecule has 0 fully saturated rings. The van der Waals surface area contributed by atoms with Crippen LogP contribution in [-0.2, 0) is 13.1 Å². The predicted octanol–water partition coefficient (Wildman–Crippen LogP) is 4.75. The van der Waals surface area contributed by atoms with Crippen molar-refractivity contribution in [3.8, 4) is 0 Å². The number of nitrogens with zero attached hydrogens (tertiary/aromatic N) is 2. The predicted molar refractivity (Wildman–Crippen MR) is 85.9 cm³/mol. The molecule has 0 aromatic carbocycles. The molecule has 0 saturated carbocycles. The van der Waals surface area contributed by atoms with Crippen molar-refractivity contribution in [2.24, 2.45) is 0 Å². The first-order valence-electron chi connectivity index (χ1n) is 6.66. The van der Waals surface area contributed by atoms with Crippen LogP contribution in [0.15, 0.2) is 12.1 Å². The van der Waals surface area contributed by atoms with Gasteiger partial charge in [0.15, 0.2) is 5.15 Å². The van der Waals surface area contributed by atoms with E-state index in [4.69, 9.17) is 23.2 Å².